The van der Waals surface area contributed by atoms with Crippen molar-refractivity contribution in [3.05, 3.63) is 11.1 Å². The zero-order valence-corrected chi connectivity index (χ0v) is 20.6. The summed E-state index contributed by atoms with van der Waals surface area (Å²) in [5.74, 6) is -1.79. The molecule has 1 aliphatic heterocycles. The fourth-order valence-corrected chi connectivity index (χ4v) is 5.34. The molecule has 1 fully saturated rings. The van der Waals surface area contributed by atoms with Gasteiger partial charge in [-0.25, -0.2) is 4.98 Å². The number of nitrogen functional groups attached to an aromatic ring is 1. The maximum Gasteiger partial charge on any atom is 0.418 e. The van der Waals surface area contributed by atoms with E-state index < -0.39 is 50.6 Å². The lowest BCUT2D eigenvalue weighted by Crippen LogP contribution is -2.87. The lowest BCUT2D eigenvalue weighted by atomic mass is 9.19. The van der Waals surface area contributed by atoms with Crippen molar-refractivity contribution in [3.63, 3.8) is 0 Å². The van der Waals surface area contributed by atoms with Crippen molar-refractivity contribution in [1.29, 1.82) is 0 Å². The highest BCUT2D eigenvalue weighted by Gasteiger charge is 2.72. The van der Waals surface area contributed by atoms with E-state index >= 15 is 0 Å². The summed E-state index contributed by atoms with van der Waals surface area (Å²) in [6, 6.07) is -1.28. The van der Waals surface area contributed by atoms with Gasteiger partial charge in [0.15, 0.2) is 23.7 Å². The molecule has 2 rings (SSSR count). The second-order valence-corrected chi connectivity index (χ2v) is 11.2. The number of anilines is 1. The second kappa shape index (κ2) is 9.19. The van der Waals surface area contributed by atoms with E-state index in [2.05, 4.69) is 19.7 Å². The standard InChI is InChI=1S/C12H21B6N5O8S2/c13-11(14,15)10(12(16,17)18)6(8(26)23(10)31-33(27,28)29)21-7(25)5(22-30-2-1-24)4-3-32-9(19)20-4/h1,3,6H,2,13-18H2,(H2,19,20)(H,21,25)(H,27,28,29)/b22-5-/t6-/m1/s1. The summed E-state index contributed by atoms with van der Waals surface area (Å²) >= 11 is 1.03. The summed E-state index contributed by atoms with van der Waals surface area (Å²) in [4.78, 5) is 45.5. The number of hydroxylamine groups is 2. The Morgan fingerprint density at radius 2 is 1.94 bits per heavy atom. The van der Waals surface area contributed by atoms with Crippen LogP contribution in [0.1, 0.15) is 5.69 Å². The van der Waals surface area contributed by atoms with Gasteiger partial charge in [-0.1, -0.05) is 15.4 Å². The number of hydrogen-bond donors (Lipinski definition) is 3. The maximum absolute atomic E-state index is 13.2. The number of amides is 2. The van der Waals surface area contributed by atoms with Crippen LogP contribution in [0.3, 0.4) is 0 Å². The smallest absolute Gasteiger partial charge is 0.387 e. The van der Waals surface area contributed by atoms with Gasteiger partial charge in [-0.3, -0.25) is 18.9 Å². The molecule has 0 saturated carbocycles. The average molecular weight is 492 g/mol. The predicted octanol–water partition coefficient (Wildman–Crippen LogP) is -7.61. The molecule has 1 atom stereocenters. The minimum Gasteiger partial charge on any atom is -0.387 e. The van der Waals surface area contributed by atoms with Gasteiger partial charge < -0.3 is 15.9 Å². The van der Waals surface area contributed by atoms with E-state index in [0.29, 0.717) is 11.3 Å². The molecule has 1 aliphatic rings. The summed E-state index contributed by atoms with van der Waals surface area (Å²) in [7, 11) is 5.34. The molecule has 172 valence electrons. The lowest BCUT2D eigenvalue weighted by molar-refractivity contribution is -0.226. The number of aldehydes is 1. The van der Waals surface area contributed by atoms with Crippen LogP contribution in [0.4, 0.5) is 5.13 Å². The molecular weight excluding hydrogens is 471 g/mol. The molecule has 2 heterocycles. The largest absolute Gasteiger partial charge is 0.418 e. The Hall–Kier alpha value is -2.23. The van der Waals surface area contributed by atoms with Gasteiger partial charge in [-0.05, 0) is 0 Å². The average Bonchev–Trinajstić information content (AvgIpc) is 3.06. The van der Waals surface area contributed by atoms with Crippen molar-refractivity contribution < 1.29 is 36.5 Å². The third-order valence-corrected chi connectivity index (χ3v) is 6.21. The van der Waals surface area contributed by atoms with Crippen molar-refractivity contribution in [3.8, 4) is 0 Å². The van der Waals surface area contributed by atoms with Crippen LogP contribution >= 0.6 is 11.3 Å². The third-order valence-electron chi connectivity index (χ3n) is 5.19. The van der Waals surface area contributed by atoms with Gasteiger partial charge in [-0.15, -0.1) is 15.6 Å². The number of β-lactam (4-membered cyclic amide) rings is 1. The minimum absolute atomic E-state index is 0.0517. The number of carbonyl (C=O) groups is 3. The maximum atomic E-state index is 13.2. The van der Waals surface area contributed by atoms with Gasteiger partial charge in [0.05, 0.1) is 52.6 Å². The van der Waals surface area contributed by atoms with Crippen LogP contribution in [0, 0.1) is 0 Å². The van der Waals surface area contributed by atoms with Gasteiger partial charge >= 0.3 is 10.4 Å². The molecular formula is C12H21B6N5O8S2. The molecule has 1 saturated heterocycles. The van der Waals surface area contributed by atoms with E-state index in [4.69, 9.17) is 10.6 Å². The number of thiazole rings is 1. The topological polar surface area (TPSA) is 191 Å². The highest BCUT2D eigenvalue weighted by molar-refractivity contribution is 7.80. The number of aromatic nitrogens is 1. The van der Waals surface area contributed by atoms with Gasteiger partial charge in [-0.2, -0.15) is 13.5 Å². The molecule has 0 radical (unpaired) electrons. The molecule has 2 amide bonds. The molecule has 1 aromatic rings. The van der Waals surface area contributed by atoms with Gasteiger partial charge in [0, 0.05) is 5.38 Å². The minimum atomic E-state index is -5.04. The van der Waals surface area contributed by atoms with E-state index in [-0.39, 0.29) is 16.5 Å². The Labute approximate surface area is 199 Å². The van der Waals surface area contributed by atoms with Crippen LogP contribution < -0.4 is 11.1 Å². The Balaban J connectivity index is 2.53. The zero-order chi connectivity index (χ0) is 25.4. The van der Waals surface area contributed by atoms with E-state index in [1.165, 1.54) is 5.38 Å². The Kier molecular flexibility index (Phi) is 7.53. The van der Waals surface area contributed by atoms with Gasteiger partial charge in [0.1, 0.15) is 11.7 Å². The third kappa shape index (κ3) is 5.15. The first-order valence-corrected chi connectivity index (χ1v) is 11.9. The molecule has 33 heavy (non-hydrogen) atoms. The molecule has 0 aliphatic carbocycles. The Morgan fingerprint density at radius 3 is 2.36 bits per heavy atom. The normalized spacial score (nSPS) is 18.9. The first-order chi connectivity index (χ1) is 15.0. The quantitative estimate of drug-likeness (QED) is 0.0538. The van der Waals surface area contributed by atoms with Crippen molar-refractivity contribution in [1.82, 2.24) is 15.4 Å². The fourth-order valence-electron chi connectivity index (χ4n) is 4.41. The van der Waals surface area contributed by atoms with E-state index in [9.17, 15) is 27.4 Å². The van der Waals surface area contributed by atoms with Crippen molar-refractivity contribution in [2.75, 3.05) is 12.3 Å². The molecule has 0 spiro atoms. The van der Waals surface area contributed by atoms with Crippen LogP contribution in [0.5, 0.6) is 0 Å². The summed E-state index contributed by atoms with van der Waals surface area (Å²) in [6.45, 7) is -0.428. The highest BCUT2D eigenvalue weighted by Crippen LogP contribution is 2.56. The number of hydrogen-bond acceptors (Lipinski definition) is 11. The number of nitrogens with two attached hydrogens (primary N) is 1. The monoisotopic (exact) mass is 493 g/mol. The first kappa shape index (κ1) is 27.0. The van der Waals surface area contributed by atoms with E-state index in [1.807, 2.05) is 0 Å². The van der Waals surface area contributed by atoms with Crippen LogP contribution in [0.2, 0.25) is 10.2 Å². The summed E-state index contributed by atoms with van der Waals surface area (Å²) in [6.07, 6.45) is 0.429. The highest BCUT2D eigenvalue weighted by atomic mass is 32.3. The summed E-state index contributed by atoms with van der Waals surface area (Å²) < 4.78 is 36.8. The van der Waals surface area contributed by atoms with Crippen molar-refractivity contribution >= 4 is 97.8 Å². The number of rotatable bonds is 10. The van der Waals surface area contributed by atoms with Crippen LogP contribution in [0.15, 0.2) is 10.5 Å². The molecule has 0 bridgehead atoms. The SMILES string of the molecule is BC(B)(B)C1(C(B)(B)B)[C@H](NC(=O)/C(=N\OCC=O)c2csc(N)n2)C(=O)N1OS(=O)(=O)O. The number of carbonyl (C=O) groups excluding carboxylic acids is 3. The van der Waals surface area contributed by atoms with Crippen molar-refractivity contribution in [2.24, 2.45) is 5.16 Å². The van der Waals surface area contributed by atoms with E-state index in [0.717, 1.165) is 11.3 Å². The molecule has 21 heteroatoms. The number of nitrogens with zero attached hydrogens (tertiary/aromatic N) is 3. The molecule has 1 aromatic heterocycles. The zero-order valence-electron chi connectivity index (χ0n) is 19.0. The summed E-state index contributed by atoms with van der Waals surface area (Å²) in [5, 5.41) is 6.65. The predicted molar refractivity (Wildman–Crippen MR) is 136 cm³/mol. The second-order valence-electron chi connectivity index (χ2n) is 9.28. The van der Waals surface area contributed by atoms with Crippen molar-refractivity contribution in [2.45, 2.75) is 21.8 Å². The Bertz CT molecular complexity index is 1070. The molecule has 13 nitrogen and oxygen atoms in total. The molecule has 0 aromatic carbocycles. The molecule has 0 unspecified atom stereocenters. The van der Waals surface area contributed by atoms with Crippen LogP contribution in [0.25, 0.3) is 0 Å². The summed E-state index contributed by atoms with van der Waals surface area (Å²) in [5.41, 5.74) is 3.91. The van der Waals surface area contributed by atoms with Crippen LogP contribution in [-0.4, -0.2) is 112 Å². The fraction of sp³-hybridized carbons (Fsp3) is 0.417. The number of oxime groups is 1. The Morgan fingerprint density at radius 1 is 1.36 bits per heavy atom. The van der Waals surface area contributed by atoms with Crippen LogP contribution in [-0.2, 0) is 33.9 Å². The lowest BCUT2D eigenvalue weighted by Gasteiger charge is -2.67. The number of nitrogens with one attached hydrogen (secondary N) is 1. The van der Waals surface area contributed by atoms with E-state index in [1.54, 1.807) is 47.1 Å². The van der Waals surface area contributed by atoms with Gasteiger partial charge in [0.25, 0.3) is 11.8 Å². The van der Waals surface area contributed by atoms with Gasteiger partial charge in [0.2, 0.25) is 0 Å². The first-order valence-electron chi connectivity index (χ1n) is 9.64. The molecule has 4 N–H and O–H groups in total.